The van der Waals surface area contributed by atoms with Crippen molar-refractivity contribution in [1.82, 2.24) is 10.6 Å². The summed E-state index contributed by atoms with van der Waals surface area (Å²) >= 11 is 1.69. The molecule has 1 aromatic heterocycles. The highest BCUT2D eigenvalue weighted by Crippen LogP contribution is 2.47. The normalized spacial score (nSPS) is 16.2. The van der Waals surface area contributed by atoms with Crippen molar-refractivity contribution in [3.63, 3.8) is 0 Å². The van der Waals surface area contributed by atoms with Crippen molar-refractivity contribution in [2.45, 2.75) is 31.7 Å². The smallest absolute Gasteiger partial charge is 0.191 e. The number of rotatable bonds is 6. The molecule has 2 N–H and O–H groups in total. The van der Waals surface area contributed by atoms with Crippen LogP contribution in [0.4, 0.5) is 4.39 Å². The fraction of sp³-hybridized carbons (Fsp3) is 0.389. The highest BCUT2D eigenvalue weighted by atomic mass is 32.1. The van der Waals surface area contributed by atoms with Gasteiger partial charge in [0.05, 0.1) is 6.54 Å². The van der Waals surface area contributed by atoms with E-state index >= 15 is 0 Å². The first-order chi connectivity index (χ1) is 11.2. The number of guanidine groups is 1. The number of hydrogen-bond acceptors (Lipinski definition) is 2. The lowest BCUT2D eigenvalue weighted by atomic mass is 9.96. The Balaban J connectivity index is 1.62. The molecule has 1 aliphatic rings. The van der Waals surface area contributed by atoms with E-state index in [9.17, 15) is 4.39 Å². The van der Waals surface area contributed by atoms with Gasteiger partial charge in [-0.25, -0.2) is 9.38 Å². The lowest BCUT2D eigenvalue weighted by Crippen LogP contribution is -2.41. The molecule has 0 spiro atoms. The topological polar surface area (TPSA) is 36.4 Å². The summed E-state index contributed by atoms with van der Waals surface area (Å²) in [4.78, 5) is 4.64. The van der Waals surface area contributed by atoms with Crippen molar-refractivity contribution in [1.29, 1.82) is 0 Å². The standard InChI is InChI=1S/C18H22FN3S/c1-2-20-17(21-11-14-7-10-23-12-14)22-13-18(8-9-18)15-3-5-16(19)6-4-15/h3-7,10,12H,2,8-9,11,13H2,1H3,(H2,20,21,22). The van der Waals surface area contributed by atoms with Gasteiger partial charge < -0.3 is 10.6 Å². The predicted octanol–water partition coefficient (Wildman–Crippen LogP) is 3.67. The lowest BCUT2D eigenvalue weighted by Gasteiger charge is -2.19. The summed E-state index contributed by atoms with van der Waals surface area (Å²) in [5, 5.41) is 10.9. The van der Waals surface area contributed by atoms with Crippen LogP contribution in [0.25, 0.3) is 0 Å². The predicted molar refractivity (Wildman–Crippen MR) is 94.4 cm³/mol. The second kappa shape index (κ2) is 7.13. The number of thiophene rings is 1. The fourth-order valence-corrected chi connectivity index (χ4v) is 3.33. The lowest BCUT2D eigenvalue weighted by molar-refractivity contribution is 0.617. The molecule has 0 amide bonds. The summed E-state index contributed by atoms with van der Waals surface area (Å²) in [6.45, 7) is 4.41. The van der Waals surface area contributed by atoms with Gasteiger partial charge in [-0.15, -0.1) is 0 Å². The zero-order valence-corrected chi connectivity index (χ0v) is 14.1. The van der Waals surface area contributed by atoms with Gasteiger partial charge in [0.1, 0.15) is 5.82 Å². The maximum absolute atomic E-state index is 13.1. The minimum absolute atomic E-state index is 0.131. The largest absolute Gasteiger partial charge is 0.357 e. The molecule has 0 unspecified atom stereocenters. The van der Waals surface area contributed by atoms with Gasteiger partial charge in [-0.2, -0.15) is 11.3 Å². The summed E-state index contributed by atoms with van der Waals surface area (Å²) in [7, 11) is 0. The fourth-order valence-electron chi connectivity index (χ4n) is 2.67. The van der Waals surface area contributed by atoms with Crippen molar-refractivity contribution in [2.75, 3.05) is 13.1 Å². The molecule has 5 heteroatoms. The third-order valence-corrected chi connectivity index (χ3v) is 4.98. The van der Waals surface area contributed by atoms with Gasteiger partial charge in [0.25, 0.3) is 0 Å². The van der Waals surface area contributed by atoms with E-state index in [1.807, 2.05) is 12.1 Å². The summed E-state index contributed by atoms with van der Waals surface area (Å²) in [5.41, 5.74) is 2.57. The average molecular weight is 331 g/mol. The minimum atomic E-state index is -0.178. The molecule has 1 fully saturated rings. The Morgan fingerprint density at radius 3 is 2.61 bits per heavy atom. The van der Waals surface area contributed by atoms with Crippen LogP contribution in [0.1, 0.15) is 30.9 Å². The molecule has 3 rings (SSSR count). The molecule has 0 saturated heterocycles. The maximum atomic E-state index is 13.1. The van der Waals surface area contributed by atoms with Crippen LogP contribution in [0.5, 0.6) is 0 Å². The van der Waals surface area contributed by atoms with E-state index in [2.05, 4.69) is 39.4 Å². The number of benzene rings is 1. The zero-order chi connectivity index (χ0) is 16.1. The zero-order valence-electron chi connectivity index (χ0n) is 13.3. The summed E-state index contributed by atoms with van der Waals surface area (Å²) in [5.74, 6) is 0.662. The molecule has 1 saturated carbocycles. The van der Waals surface area contributed by atoms with E-state index in [0.29, 0.717) is 6.54 Å². The number of nitrogens with one attached hydrogen (secondary N) is 2. The van der Waals surface area contributed by atoms with Crippen molar-refractivity contribution in [2.24, 2.45) is 4.99 Å². The molecule has 0 aliphatic heterocycles. The molecule has 122 valence electrons. The molecule has 3 nitrogen and oxygen atoms in total. The highest BCUT2D eigenvalue weighted by Gasteiger charge is 2.44. The maximum Gasteiger partial charge on any atom is 0.191 e. The molecule has 1 heterocycles. The number of hydrogen-bond donors (Lipinski definition) is 2. The van der Waals surface area contributed by atoms with E-state index in [0.717, 1.165) is 31.9 Å². The van der Waals surface area contributed by atoms with Crippen LogP contribution in [0, 0.1) is 5.82 Å². The molecule has 1 aromatic carbocycles. The van der Waals surface area contributed by atoms with Gasteiger partial charge >= 0.3 is 0 Å². The van der Waals surface area contributed by atoms with Crippen molar-refractivity contribution in [3.05, 3.63) is 58.0 Å². The van der Waals surface area contributed by atoms with Crippen LogP contribution < -0.4 is 10.6 Å². The number of nitrogens with zero attached hydrogens (tertiary/aromatic N) is 1. The van der Waals surface area contributed by atoms with Crippen LogP contribution in [-0.2, 0) is 12.0 Å². The Bertz CT molecular complexity index is 645. The first-order valence-corrected chi connectivity index (χ1v) is 8.95. The van der Waals surface area contributed by atoms with Gasteiger partial charge in [-0.3, -0.25) is 0 Å². The van der Waals surface area contributed by atoms with Crippen LogP contribution in [0.15, 0.2) is 46.1 Å². The van der Waals surface area contributed by atoms with Gasteiger partial charge in [-0.1, -0.05) is 12.1 Å². The average Bonchev–Trinajstić information content (AvgIpc) is 3.16. The van der Waals surface area contributed by atoms with Gasteiger partial charge in [-0.05, 0) is 59.9 Å². The third kappa shape index (κ3) is 4.10. The Hall–Kier alpha value is -1.88. The SMILES string of the molecule is CCNC(=NCc1ccsc1)NCC1(c2ccc(F)cc2)CC1. The Morgan fingerprint density at radius 2 is 2.00 bits per heavy atom. The molecule has 1 aliphatic carbocycles. The van der Waals surface area contributed by atoms with E-state index < -0.39 is 0 Å². The first kappa shape index (κ1) is 16.0. The van der Waals surface area contributed by atoms with Crippen LogP contribution in [0.3, 0.4) is 0 Å². The molecule has 0 radical (unpaired) electrons. The first-order valence-electron chi connectivity index (χ1n) is 8.01. The Kier molecular flexibility index (Phi) is 4.96. The molecule has 2 aromatic rings. The summed E-state index contributed by atoms with van der Waals surface area (Å²) < 4.78 is 13.1. The minimum Gasteiger partial charge on any atom is -0.357 e. The number of aliphatic imine (C=N–C) groups is 1. The van der Waals surface area contributed by atoms with Gasteiger partial charge in [0.15, 0.2) is 5.96 Å². The Morgan fingerprint density at radius 1 is 1.22 bits per heavy atom. The number of halogens is 1. The molecule has 0 bridgehead atoms. The van der Waals surface area contributed by atoms with Crippen LogP contribution >= 0.6 is 11.3 Å². The van der Waals surface area contributed by atoms with Gasteiger partial charge in [0, 0.05) is 18.5 Å². The van der Waals surface area contributed by atoms with Gasteiger partial charge in [0.2, 0.25) is 0 Å². The summed E-state index contributed by atoms with van der Waals surface area (Å²) in [6.07, 6.45) is 2.27. The van der Waals surface area contributed by atoms with E-state index in [1.165, 1.54) is 11.1 Å². The van der Waals surface area contributed by atoms with Crippen molar-refractivity contribution in [3.8, 4) is 0 Å². The van der Waals surface area contributed by atoms with Crippen molar-refractivity contribution < 1.29 is 4.39 Å². The van der Waals surface area contributed by atoms with Crippen LogP contribution in [0.2, 0.25) is 0 Å². The Labute approximate surface area is 140 Å². The monoisotopic (exact) mass is 331 g/mol. The van der Waals surface area contributed by atoms with Crippen LogP contribution in [-0.4, -0.2) is 19.0 Å². The van der Waals surface area contributed by atoms with E-state index in [4.69, 9.17) is 0 Å². The second-order valence-corrected chi connectivity index (χ2v) is 6.75. The van der Waals surface area contributed by atoms with E-state index in [-0.39, 0.29) is 11.2 Å². The quantitative estimate of drug-likeness (QED) is 0.626. The van der Waals surface area contributed by atoms with E-state index in [1.54, 1.807) is 23.5 Å². The molecular weight excluding hydrogens is 309 g/mol. The second-order valence-electron chi connectivity index (χ2n) is 5.97. The molecule has 23 heavy (non-hydrogen) atoms. The third-order valence-electron chi connectivity index (χ3n) is 4.25. The highest BCUT2D eigenvalue weighted by molar-refractivity contribution is 7.07. The van der Waals surface area contributed by atoms with Crippen molar-refractivity contribution >= 4 is 17.3 Å². The molecule has 0 atom stereocenters. The molecular formula is C18H22FN3S. The summed E-state index contributed by atoms with van der Waals surface area (Å²) in [6, 6.07) is 8.99.